The highest BCUT2D eigenvalue weighted by atomic mass is 16.5. The van der Waals surface area contributed by atoms with Crippen molar-refractivity contribution in [2.45, 2.75) is 52.5 Å². The van der Waals surface area contributed by atoms with Gasteiger partial charge in [0.05, 0.1) is 18.8 Å². The van der Waals surface area contributed by atoms with Crippen LogP contribution in [-0.2, 0) is 18.3 Å². The Labute approximate surface area is 196 Å². The van der Waals surface area contributed by atoms with Gasteiger partial charge in [-0.1, -0.05) is 12.1 Å². The van der Waals surface area contributed by atoms with Gasteiger partial charge in [-0.15, -0.1) is 0 Å². The zero-order valence-electron chi connectivity index (χ0n) is 20.4. The van der Waals surface area contributed by atoms with Gasteiger partial charge in [0.15, 0.2) is 5.65 Å². The van der Waals surface area contributed by atoms with Gasteiger partial charge in [0, 0.05) is 31.1 Å². The van der Waals surface area contributed by atoms with E-state index in [0.29, 0.717) is 19.4 Å². The summed E-state index contributed by atoms with van der Waals surface area (Å²) >= 11 is 0. The fourth-order valence-corrected chi connectivity index (χ4v) is 5.10. The van der Waals surface area contributed by atoms with Crippen LogP contribution in [0.25, 0.3) is 11.0 Å². The van der Waals surface area contributed by atoms with Crippen molar-refractivity contribution in [1.29, 1.82) is 0 Å². The molecule has 0 bridgehead atoms. The molecule has 1 aliphatic rings. The summed E-state index contributed by atoms with van der Waals surface area (Å²) in [5, 5.41) is 8.82. The summed E-state index contributed by atoms with van der Waals surface area (Å²) in [6, 6.07) is 8.39. The normalized spacial score (nSPS) is 15.2. The molecule has 2 aromatic heterocycles. The number of rotatable bonds is 8. The number of fused-ring (bicyclic) bond motifs is 1. The lowest BCUT2D eigenvalue weighted by Crippen LogP contribution is -2.36. The van der Waals surface area contributed by atoms with Crippen LogP contribution in [0, 0.1) is 20.8 Å². The molecule has 1 saturated heterocycles. The Bertz CT molecular complexity index is 1130. The zero-order valence-corrected chi connectivity index (χ0v) is 20.4. The van der Waals surface area contributed by atoms with E-state index in [1.54, 1.807) is 7.11 Å². The van der Waals surface area contributed by atoms with Gasteiger partial charge in [-0.25, -0.2) is 4.98 Å². The number of carbonyl (C=O) groups is 1. The smallest absolute Gasteiger partial charge is 0.220 e. The Hall–Kier alpha value is -2.93. The average Bonchev–Trinajstić information content (AvgIpc) is 3.42. The predicted octanol–water partition coefficient (Wildman–Crippen LogP) is 3.79. The standard InChI is InChI=1S/C26H35N5O2/c1-17-22(18(2)28-26-25(17)19(3)29-30(26)4)12-13-24(32)27-16-23(31-14-6-7-15-31)20-8-10-21(33-5)11-9-20/h8-11,23H,6-7,12-16H2,1-5H3,(H,27,32)/t23-/m1/s1. The van der Waals surface area contributed by atoms with Gasteiger partial charge in [0.2, 0.25) is 5.91 Å². The molecular formula is C26H35N5O2. The molecule has 1 aliphatic heterocycles. The SMILES string of the molecule is COc1ccc([C@@H](CNC(=O)CCc2c(C)nc3c(c(C)nn3C)c2C)N2CCCC2)cc1. The first-order valence-electron chi connectivity index (χ1n) is 11.8. The molecule has 33 heavy (non-hydrogen) atoms. The number of aryl methyl sites for hydroxylation is 4. The Morgan fingerprint density at radius 3 is 2.48 bits per heavy atom. The molecule has 7 nitrogen and oxygen atoms in total. The molecule has 1 N–H and O–H groups in total. The summed E-state index contributed by atoms with van der Waals surface area (Å²) in [5.74, 6) is 0.928. The number of nitrogens with zero attached hydrogens (tertiary/aromatic N) is 4. The van der Waals surface area contributed by atoms with Gasteiger partial charge >= 0.3 is 0 Å². The summed E-state index contributed by atoms with van der Waals surface area (Å²) in [4.78, 5) is 20.1. The highest BCUT2D eigenvalue weighted by Crippen LogP contribution is 2.27. The van der Waals surface area contributed by atoms with Crippen molar-refractivity contribution in [2.75, 3.05) is 26.7 Å². The molecule has 4 rings (SSSR count). The van der Waals surface area contributed by atoms with Gasteiger partial charge in [-0.3, -0.25) is 14.4 Å². The van der Waals surface area contributed by atoms with Crippen LogP contribution in [0.2, 0.25) is 0 Å². The molecule has 0 saturated carbocycles. The van der Waals surface area contributed by atoms with Crippen LogP contribution in [0.5, 0.6) is 5.75 Å². The first-order valence-corrected chi connectivity index (χ1v) is 11.8. The highest BCUT2D eigenvalue weighted by molar-refractivity contribution is 5.84. The molecule has 3 aromatic rings. The van der Waals surface area contributed by atoms with Crippen molar-refractivity contribution in [1.82, 2.24) is 25.0 Å². The minimum Gasteiger partial charge on any atom is -0.497 e. The Kier molecular flexibility index (Phi) is 6.98. The van der Waals surface area contributed by atoms with Crippen molar-refractivity contribution in [3.05, 3.63) is 52.3 Å². The molecule has 1 fully saturated rings. The monoisotopic (exact) mass is 449 g/mol. The van der Waals surface area contributed by atoms with E-state index >= 15 is 0 Å². The largest absolute Gasteiger partial charge is 0.497 e. The van der Waals surface area contributed by atoms with Gasteiger partial charge in [-0.2, -0.15) is 5.10 Å². The Morgan fingerprint density at radius 1 is 1.12 bits per heavy atom. The van der Waals surface area contributed by atoms with Crippen LogP contribution in [0.3, 0.4) is 0 Å². The number of amides is 1. The van der Waals surface area contributed by atoms with Crippen molar-refractivity contribution in [2.24, 2.45) is 7.05 Å². The number of benzene rings is 1. The molecule has 0 aliphatic carbocycles. The number of carbonyl (C=O) groups excluding carboxylic acids is 1. The topological polar surface area (TPSA) is 72.3 Å². The van der Waals surface area contributed by atoms with Crippen molar-refractivity contribution in [3.8, 4) is 5.75 Å². The number of hydrogen-bond acceptors (Lipinski definition) is 5. The van der Waals surface area contributed by atoms with Crippen LogP contribution in [0.4, 0.5) is 0 Å². The maximum absolute atomic E-state index is 12.8. The second kappa shape index (κ2) is 9.91. The summed E-state index contributed by atoms with van der Waals surface area (Å²) in [7, 11) is 3.60. The number of nitrogens with one attached hydrogen (secondary N) is 1. The van der Waals surface area contributed by atoms with Crippen molar-refractivity contribution >= 4 is 16.9 Å². The quantitative estimate of drug-likeness (QED) is 0.567. The molecule has 0 unspecified atom stereocenters. The summed E-state index contributed by atoms with van der Waals surface area (Å²) in [6.07, 6.45) is 3.55. The maximum atomic E-state index is 12.8. The Morgan fingerprint density at radius 2 is 1.82 bits per heavy atom. The lowest BCUT2D eigenvalue weighted by molar-refractivity contribution is -0.121. The van der Waals surface area contributed by atoms with E-state index in [1.165, 1.54) is 24.0 Å². The lowest BCUT2D eigenvalue weighted by atomic mass is 9.99. The number of pyridine rings is 1. The second-order valence-corrected chi connectivity index (χ2v) is 9.04. The first kappa shape index (κ1) is 23.2. The van der Waals surface area contributed by atoms with E-state index in [9.17, 15) is 4.79 Å². The first-order chi connectivity index (χ1) is 15.9. The third-order valence-corrected chi connectivity index (χ3v) is 6.91. The van der Waals surface area contributed by atoms with E-state index in [0.717, 1.165) is 46.8 Å². The number of methoxy groups -OCH3 is 1. The van der Waals surface area contributed by atoms with Gasteiger partial charge in [0.25, 0.3) is 0 Å². The maximum Gasteiger partial charge on any atom is 0.220 e. The van der Waals surface area contributed by atoms with Crippen LogP contribution < -0.4 is 10.1 Å². The lowest BCUT2D eigenvalue weighted by Gasteiger charge is -2.28. The second-order valence-electron chi connectivity index (χ2n) is 9.04. The van der Waals surface area contributed by atoms with E-state index in [-0.39, 0.29) is 11.9 Å². The molecular weight excluding hydrogens is 414 g/mol. The number of likely N-dealkylation sites (tertiary alicyclic amines) is 1. The molecule has 3 heterocycles. The summed E-state index contributed by atoms with van der Waals surface area (Å²) in [6.45, 7) is 8.91. The molecule has 1 atom stereocenters. The van der Waals surface area contributed by atoms with Crippen LogP contribution in [0.15, 0.2) is 24.3 Å². The van der Waals surface area contributed by atoms with Crippen molar-refractivity contribution < 1.29 is 9.53 Å². The third-order valence-electron chi connectivity index (χ3n) is 6.91. The molecule has 1 aromatic carbocycles. The minimum atomic E-state index is 0.0783. The van der Waals surface area contributed by atoms with Crippen LogP contribution in [0.1, 0.15) is 53.4 Å². The van der Waals surface area contributed by atoms with E-state index < -0.39 is 0 Å². The number of hydrogen-bond donors (Lipinski definition) is 1. The van der Waals surface area contributed by atoms with E-state index in [4.69, 9.17) is 9.72 Å². The average molecular weight is 450 g/mol. The van der Waals surface area contributed by atoms with E-state index in [2.05, 4.69) is 34.4 Å². The Balaban J connectivity index is 1.43. The molecule has 1 amide bonds. The van der Waals surface area contributed by atoms with Gasteiger partial charge in [0.1, 0.15) is 5.75 Å². The van der Waals surface area contributed by atoms with Gasteiger partial charge in [-0.05, 0) is 81.9 Å². The van der Waals surface area contributed by atoms with Crippen molar-refractivity contribution in [3.63, 3.8) is 0 Å². The summed E-state index contributed by atoms with van der Waals surface area (Å²) in [5.41, 5.74) is 6.42. The molecule has 0 radical (unpaired) electrons. The number of ether oxygens (including phenoxy) is 1. The highest BCUT2D eigenvalue weighted by Gasteiger charge is 2.24. The predicted molar refractivity (Wildman–Crippen MR) is 131 cm³/mol. The fourth-order valence-electron chi connectivity index (χ4n) is 5.10. The summed E-state index contributed by atoms with van der Waals surface area (Å²) < 4.78 is 7.14. The van der Waals surface area contributed by atoms with Crippen LogP contribution >= 0.6 is 0 Å². The van der Waals surface area contributed by atoms with Gasteiger partial charge < -0.3 is 10.1 Å². The fraction of sp³-hybridized carbons (Fsp3) is 0.500. The zero-order chi connectivity index (χ0) is 23.5. The minimum absolute atomic E-state index is 0.0783. The molecule has 0 spiro atoms. The van der Waals surface area contributed by atoms with Crippen LogP contribution in [-0.4, -0.2) is 52.3 Å². The molecule has 176 valence electrons. The van der Waals surface area contributed by atoms with E-state index in [1.807, 2.05) is 37.7 Å². The number of aromatic nitrogens is 3. The molecule has 7 heteroatoms. The third kappa shape index (κ3) is 4.88.